The summed E-state index contributed by atoms with van der Waals surface area (Å²) in [6.45, 7) is 7.22. The Morgan fingerprint density at radius 2 is 2.06 bits per heavy atom. The molecular formula is C15H19NO2. The number of aromatic nitrogens is 1. The van der Waals surface area contributed by atoms with Crippen LogP contribution in [0.25, 0.3) is 10.9 Å². The molecule has 1 aromatic carbocycles. The van der Waals surface area contributed by atoms with Crippen LogP contribution >= 0.6 is 0 Å². The first-order valence-corrected chi connectivity index (χ1v) is 6.44. The van der Waals surface area contributed by atoms with E-state index in [2.05, 4.69) is 24.6 Å². The molecule has 0 saturated heterocycles. The summed E-state index contributed by atoms with van der Waals surface area (Å²) in [5.41, 5.74) is 3.82. The highest BCUT2D eigenvalue weighted by Crippen LogP contribution is 2.27. The first-order chi connectivity index (χ1) is 8.58. The Morgan fingerprint density at radius 1 is 1.33 bits per heavy atom. The zero-order valence-corrected chi connectivity index (χ0v) is 11.2. The van der Waals surface area contributed by atoms with Gasteiger partial charge >= 0.3 is 5.97 Å². The number of nitrogens with zero attached hydrogens (tertiary/aromatic N) is 1. The van der Waals surface area contributed by atoms with Crippen molar-refractivity contribution in [1.29, 1.82) is 0 Å². The minimum atomic E-state index is -0.856. The Hall–Kier alpha value is -1.77. The summed E-state index contributed by atoms with van der Waals surface area (Å²) in [5, 5.41) is 10.2. The number of hydrogen-bond donors (Lipinski definition) is 1. The second kappa shape index (κ2) is 4.84. The molecule has 0 aliphatic heterocycles. The van der Waals surface area contributed by atoms with Crippen LogP contribution in [-0.4, -0.2) is 15.6 Å². The summed E-state index contributed by atoms with van der Waals surface area (Å²) < 4.78 is 2.25. The van der Waals surface area contributed by atoms with Crippen molar-refractivity contribution in [3.05, 3.63) is 35.0 Å². The second-order valence-electron chi connectivity index (χ2n) is 4.70. The first kappa shape index (κ1) is 12.7. The zero-order valence-electron chi connectivity index (χ0n) is 11.2. The van der Waals surface area contributed by atoms with Crippen molar-refractivity contribution < 1.29 is 9.90 Å². The van der Waals surface area contributed by atoms with Crippen LogP contribution in [0.2, 0.25) is 0 Å². The van der Waals surface area contributed by atoms with Gasteiger partial charge in [-0.25, -0.2) is 4.79 Å². The van der Waals surface area contributed by atoms with Crippen LogP contribution in [0.5, 0.6) is 0 Å². The van der Waals surface area contributed by atoms with E-state index in [0.29, 0.717) is 5.56 Å². The lowest BCUT2D eigenvalue weighted by Gasteiger charge is -2.06. The molecule has 3 nitrogen and oxygen atoms in total. The maximum Gasteiger partial charge on any atom is 0.335 e. The van der Waals surface area contributed by atoms with Crippen molar-refractivity contribution in [2.75, 3.05) is 0 Å². The molecule has 0 bridgehead atoms. The van der Waals surface area contributed by atoms with E-state index in [9.17, 15) is 4.79 Å². The quantitative estimate of drug-likeness (QED) is 0.893. The van der Waals surface area contributed by atoms with Gasteiger partial charge in [-0.3, -0.25) is 0 Å². The largest absolute Gasteiger partial charge is 0.478 e. The van der Waals surface area contributed by atoms with Crippen molar-refractivity contribution in [2.45, 2.75) is 40.2 Å². The van der Waals surface area contributed by atoms with Crippen molar-refractivity contribution in [3.8, 4) is 0 Å². The molecule has 2 aromatic rings. The Labute approximate surface area is 107 Å². The fraction of sp³-hybridized carbons (Fsp3) is 0.400. The highest BCUT2D eigenvalue weighted by atomic mass is 16.4. The summed E-state index contributed by atoms with van der Waals surface area (Å²) >= 11 is 0. The fourth-order valence-electron chi connectivity index (χ4n) is 2.55. The van der Waals surface area contributed by atoms with E-state index in [1.165, 1.54) is 11.1 Å². The third-order valence-corrected chi connectivity index (χ3v) is 3.34. The second-order valence-corrected chi connectivity index (χ2v) is 4.70. The van der Waals surface area contributed by atoms with Gasteiger partial charge in [-0.1, -0.05) is 13.8 Å². The monoisotopic (exact) mass is 245 g/mol. The third kappa shape index (κ3) is 2.01. The molecule has 0 spiro atoms. The van der Waals surface area contributed by atoms with E-state index in [1.54, 1.807) is 12.1 Å². The van der Waals surface area contributed by atoms with E-state index in [1.807, 2.05) is 6.92 Å². The average molecular weight is 245 g/mol. The maximum atomic E-state index is 11.1. The van der Waals surface area contributed by atoms with E-state index in [-0.39, 0.29) is 0 Å². The van der Waals surface area contributed by atoms with E-state index >= 15 is 0 Å². The zero-order chi connectivity index (χ0) is 13.3. The Morgan fingerprint density at radius 3 is 2.61 bits per heavy atom. The molecular weight excluding hydrogens is 226 g/mol. The number of hydrogen-bond acceptors (Lipinski definition) is 1. The van der Waals surface area contributed by atoms with Crippen molar-refractivity contribution in [2.24, 2.45) is 0 Å². The van der Waals surface area contributed by atoms with Crippen molar-refractivity contribution in [3.63, 3.8) is 0 Å². The van der Waals surface area contributed by atoms with Crippen LogP contribution in [-0.2, 0) is 13.0 Å². The summed E-state index contributed by atoms with van der Waals surface area (Å²) in [5.74, 6) is -0.856. The van der Waals surface area contributed by atoms with Crippen LogP contribution < -0.4 is 0 Å². The summed E-state index contributed by atoms with van der Waals surface area (Å²) in [6.07, 6.45) is 4.16. The Kier molecular flexibility index (Phi) is 3.41. The molecule has 1 heterocycles. The van der Waals surface area contributed by atoms with Gasteiger partial charge in [-0.05, 0) is 43.0 Å². The molecule has 18 heavy (non-hydrogen) atoms. The molecule has 0 unspecified atom stereocenters. The topological polar surface area (TPSA) is 42.2 Å². The van der Waals surface area contributed by atoms with Gasteiger partial charge < -0.3 is 9.67 Å². The molecule has 96 valence electrons. The van der Waals surface area contributed by atoms with Gasteiger partial charge in [0, 0.05) is 18.1 Å². The number of rotatable bonds is 4. The molecule has 0 atom stereocenters. The lowest BCUT2D eigenvalue weighted by atomic mass is 10.0. The molecule has 0 amide bonds. The molecule has 0 aliphatic rings. The molecule has 3 heteroatoms. The smallest absolute Gasteiger partial charge is 0.335 e. The van der Waals surface area contributed by atoms with Gasteiger partial charge in [0.25, 0.3) is 0 Å². The normalized spacial score (nSPS) is 11.1. The number of aryl methyl sites for hydroxylation is 3. The van der Waals surface area contributed by atoms with Crippen LogP contribution in [0, 0.1) is 6.92 Å². The van der Waals surface area contributed by atoms with E-state index in [4.69, 9.17) is 5.11 Å². The van der Waals surface area contributed by atoms with Crippen LogP contribution in [0.3, 0.4) is 0 Å². The predicted molar refractivity (Wildman–Crippen MR) is 73.3 cm³/mol. The molecule has 2 rings (SSSR count). The van der Waals surface area contributed by atoms with Crippen molar-refractivity contribution in [1.82, 2.24) is 4.57 Å². The highest BCUT2D eigenvalue weighted by Gasteiger charge is 2.13. The molecule has 1 N–H and O–H groups in total. The van der Waals surface area contributed by atoms with Gasteiger partial charge in [0.2, 0.25) is 0 Å². The molecule has 0 aliphatic carbocycles. The number of carboxylic acid groups (broad SMARTS) is 1. The minimum absolute atomic E-state index is 0.379. The minimum Gasteiger partial charge on any atom is -0.478 e. The number of fused-ring (bicyclic) bond motifs is 1. The number of carbonyl (C=O) groups is 1. The van der Waals surface area contributed by atoms with Crippen LogP contribution in [0.15, 0.2) is 18.3 Å². The SMILES string of the molecule is CCCn1cc(CC)c2cc(C(=O)O)cc(C)c21. The Balaban J connectivity index is 2.74. The van der Waals surface area contributed by atoms with Gasteiger partial charge in [0.15, 0.2) is 0 Å². The average Bonchev–Trinajstić information content (AvgIpc) is 2.68. The first-order valence-electron chi connectivity index (χ1n) is 6.44. The molecule has 0 fully saturated rings. The Bertz CT molecular complexity index is 596. The maximum absolute atomic E-state index is 11.1. The summed E-state index contributed by atoms with van der Waals surface area (Å²) in [6, 6.07) is 3.56. The van der Waals surface area contributed by atoms with Crippen molar-refractivity contribution >= 4 is 16.9 Å². The van der Waals surface area contributed by atoms with E-state index < -0.39 is 5.97 Å². The fourth-order valence-corrected chi connectivity index (χ4v) is 2.55. The van der Waals surface area contributed by atoms with Gasteiger partial charge in [0.1, 0.15) is 0 Å². The predicted octanol–water partition coefficient (Wildman–Crippen LogP) is 3.62. The lowest BCUT2D eigenvalue weighted by molar-refractivity contribution is 0.0697. The van der Waals surface area contributed by atoms with Gasteiger partial charge in [-0.15, -0.1) is 0 Å². The molecule has 1 aromatic heterocycles. The number of aromatic carboxylic acids is 1. The van der Waals surface area contributed by atoms with Gasteiger partial charge in [0.05, 0.1) is 11.1 Å². The van der Waals surface area contributed by atoms with E-state index in [0.717, 1.165) is 30.3 Å². The lowest BCUT2D eigenvalue weighted by Crippen LogP contribution is -1.99. The summed E-state index contributed by atoms with van der Waals surface area (Å²) in [4.78, 5) is 11.1. The highest BCUT2D eigenvalue weighted by molar-refractivity contribution is 5.96. The third-order valence-electron chi connectivity index (χ3n) is 3.34. The standard InChI is InChI=1S/C15H19NO2/c1-4-6-16-9-11(5-2)13-8-12(15(17)18)7-10(3)14(13)16/h7-9H,4-6H2,1-3H3,(H,17,18). The molecule has 0 radical (unpaired) electrons. The summed E-state index contributed by atoms with van der Waals surface area (Å²) in [7, 11) is 0. The number of benzene rings is 1. The number of carboxylic acids is 1. The molecule has 0 saturated carbocycles. The van der Waals surface area contributed by atoms with Crippen LogP contribution in [0.4, 0.5) is 0 Å². The van der Waals surface area contributed by atoms with Crippen LogP contribution in [0.1, 0.15) is 41.8 Å². The van der Waals surface area contributed by atoms with Gasteiger partial charge in [-0.2, -0.15) is 0 Å².